The summed E-state index contributed by atoms with van der Waals surface area (Å²) in [7, 11) is 0. The van der Waals surface area contributed by atoms with E-state index in [9.17, 15) is 9.18 Å². The second-order valence-electron chi connectivity index (χ2n) is 6.26. The lowest BCUT2D eigenvalue weighted by atomic mass is 9.77. The Morgan fingerprint density at radius 3 is 2.70 bits per heavy atom. The zero-order valence-corrected chi connectivity index (χ0v) is 11.8. The third-order valence-corrected chi connectivity index (χ3v) is 4.72. The number of piperidine rings is 2. The molecule has 20 heavy (non-hydrogen) atoms. The van der Waals surface area contributed by atoms with Crippen molar-refractivity contribution in [3.8, 4) is 0 Å². The number of carbonyl (C=O) groups is 1. The van der Waals surface area contributed by atoms with E-state index in [4.69, 9.17) is 0 Å². The van der Waals surface area contributed by atoms with Gasteiger partial charge in [-0.15, -0.1) is 0 Å². The van der Waals surface area contributed by atoms with Crippen molar-refractivity contribution in [2.45, 2.75) is 57.0 Å². The van der Waals surface area contributed by atoms with Crippen molar-refractivity contribution in [3.63, 3.8) is 0 Å². The van der Waals surface area contributed by atoms with Crippen LogP contribution in [-0.2, 0) is 11.2 Å². The number of hydrogen-bond acceptors (Lipinski definition) is 2. The summed E-state index contributed by atoms with van der Waals surface area (Å²) in [6, 6.07) is 7.68. The van der Waals surface area contributed by atoms with E-state index in [0.717, 1.165) is 18.4 Å². The van der Waals surface area contributed by atoms with Crippen LogP contribution in [0.1, 0.15) is 44.1 Å². The summed E-state index contributed by atoms with van der Waals surface area (Å²) in [6.45, 7) is 0. The van der Waals surface area contributed by atoms with Gasteiger partial charge in [0.1, 0.15) is 11.6 Å². The minimum Gasteiger partial charge on any atom is -0.311 e. The number of ketones is 1. The molecule has 2 heterocycles. The van der Waals surface area contributed by atoms with E-state index in [1.807, 2.05) is 6.07 Å². The Balaban J connectivity index is 1.54. The van der Waals surface area contributed by atoms with E-state index in [2.05, 4.69) is 5.32 Å². The largest absolute Gasteiger partial charge is 0.311 e. The van der Waals surface area contributed by atoms with Crippen molar-refractivity contribution in [2.24, 2.45) is 5.92 Å². The van der Waals surface area contributed by atoms with E-state index in [1.54, 1.807) is 6.07 Å². The first-order valence-corrected chi connectivity index (χ1v) is 7.74. The van der Waals surface area contributed by atoms with Gasteiger partial charge < -0.3 is 5.32 Å². The molecule has 0 aliphatic carbocycles. The van der Waals surface area contributed by atoms with Gasteiger partial charge in [-0.1, -0.05) is 18.6 Å². The predicted molar refractivity (Wildman–Crippen MR) is 77.0 cm³/mol. The minimum atomic E-state index is -0.216. The molecule has 108 valence electrons. The van der Waals surface area contributed by atoms with Crippen LogP contribution in [-0.4, -0.2) is 17.9 Å². The molecule has 2 nitrogen and oxygen atoms in total. The smallest absolute Gasteiger partial charge is 0.136 e. The number of Topliss-reactive ketones (excluding diaryl/α,β-unsaturated/α-hetero) is 1. The predicted octanol–water partition coefficient (Wildman–Crippen LogP) is 3.25. The first-order valence-electron chi connectivity index (χ1n) is 7.74. The van der Waals surface area contributed by atoms with Crippen molar-refractivity contribution in [2.75, 3.05) is 0 Å². The molecule has 2 unspecified atom stereocenters. The lowest BCUT2D eigenvalue weighted by molar-refractivity contribution is -0.124. The van der Waals surface area contributed by atoms with Crippen molar-refractivity contribution in [1.29, 1.82) is 0 Å². The summed E-state index contributed by atoms with van der Waals surface area (Å²) in [6.07, 6.45) is 6.93. The topological polar surface area (TPSA) is 29.1 Å². The Morgan fingerprint density at radius 1 is 1.25 bits per heavy atom. The van der Waals surface area contributed by atoms with Crippen LogP contribution < -0.4 is 5.32 Å². The first kappa shape index (κ1) is 13.7. The highest BCUT2D eigenvalue weighted by molar-refractivity contribution is 5.81. The molecular formula is C17H22FNO. The highest BCUT2D eigenvalue weighted by Crippen LogP contribution is 2.31. The van der Waals surface area contributed by atoms with E-state index >= 15 is 0 Å². The van der Waals surface area contributed by atoms with Crippen molar-refractivity contribution in [3.05, 3.63) is 35.6 Å². The van der Waals surface area contributed by atoms with Crippen molar-refractivity contribution < 1.29 is 9.18 Å². The maximum atomic E-state index is 13.1. The van der Waals surface area contributed by atoms with E-state index < -0.39 is 0 Å². The average Bonchev–Trinajstić information content (AvgIpc) is 2.44. The van der Waals surface area contributed by atoms with Crippen LogP contribution >= 0.6 is 0 Å². The fourth-order valence-corrected chi connectivity index (χ4v) is 3.69. The summed E-state index contributed by atoms with van der Waals surface area (Å²) in [5.74, 6) is 0.374. The van der Waals surface area contributed by atoms with Gasteiger partial charge in [-0.3, -0.25) is 4.79 Å². The number of rotatable bonds is 4. The Hall–Kier alpha value is -1.22. The number of halogens is 1. The molecule has 0 aromatic heterocycles. The Kier molecular flexibility index (Phi) is 4.16. The highest BCUT2D eigenvalue weighted by atomic mass is 19.1. The van der Waals surface area contributed by atoms with Crippen LogP contribution in [0.5, 0.6) is 0 Å². The zero-order chi connectivity index (χ0) is 13.9. The number of fused-ring (bicyclic) bond motifs is 2. The second kappa shape index (κ2) is 6.04. The monoisotopic (exact) mass is 275 g/mol. The Morgan fingerprint density at radius 2 is 2.00 bits per heavy atom. The van der Waals surface area contributed by atoms with E-state index in [0.29, 0.717) is 30.7 Å². The third kappa shape index (κ3) is 3.26. The minimum absolute atomic E-state index is 0.216. The highest BCUT2D eigenvalue weighted by Gasteiger charge is 2.34. The molecule has 1 N–H and O–H groups in total. The lowest BCUT2D eigenvalue weighted by Crippen LogP contribution is -2.50. The molecule has 2 aliphatic rings. The fourth-order valence-electron chi connectivity index (χ4n) is 3.69. The number of aryl methyl sites for hydroxylation is 1. The molecule has 2 aliphatic heterocycles. The Labute approximate surface area is 119 Å². The van der Waals surface area contributed by atoms with Gasteiger partial charge in [-0.05, 0) is 49.8 Å². The quantitative estimate of drug-likeness (QED) is 0.914. The standard InChI is InChI=1S/C17H22FNO/c18-14-4-1-3-12(9-14)7-8-17(20)13-10-15-5-2-6-16(11-13)19-15/h1,3-4,9,13,15-16,19H,2,5-8,10-11H2. The van der Waals surface area contributed by atoms with Crippen LogP contribution in [0.3, 0.4) is 0 Å². The number of nitrogens with one attached hydrogen (secondary N) is 1. The van der Waals surface area contributed by atoms with Gasteiger partial charge in [-0.2, -0.15) is 0 Å². The van der Waals surface area contributed by atoms with Gasteiger partial charge in [0.15, 0.2) is 0 Å². The second-order valence-corrected chi connectivity index (χ2v) is 6.26. The number of benzene rings is 1. The molecule has 3 heteroatoms. The molecule has 2 bridgehead atoms. The van der Waals surface area contributed by atoms with Gasteiger partial charge in [0.25, 0.3) is 0 Å². The van der Waals surface area contributed by atoms with Gasteiger partial charge in [0.2, 0.25) is 0 Å². The summed E-state index contributed by atoms with van der Waals surface area (Å²) in [5.41, 5.74) is 0.924. The van der Waals surface area contributed by atoms with E-state index in [1.165, 1.54) is 31.4 Å². The van der Waals surface area contributed by atoms with Crippen molar-refractivity contribution in [1.82, 2.24) is 5.32 Å². The molecule has 0 amide bonds. The molecule has 1 aromatic carbocycles. The fraction of sp³-hybridized carbons (Fsp3) is 0.588. The molecule has 0 saturated carbocycles. The number of carbonyl (C=O) groups excluding carboxylic acids is 1. The molecular weight excluding hydrogens is 253 g/mol. The molecule has 2 fully saturated rings. The Bertz CT molecular complexity index is 476. The molecule has 2 saturated heterocycles. The van der Waals surface area contributed by atoms with Crippen LogP contribution in [0, 0.1) is 11.7 Å². The molecule has 1 aromatic rings. The molecule has 0 radical (unpaired) electrons. The maximum Gasteiger partial charge on any atom is 0.136 e. The average molecular weight is 275 g/mol. The third-order valence-electron chi connectivity index (χ3n) is 4.72. The van der Waals surface area contributed by atoms with E-state index in [-0.39, 0.29) is 11.7 Å². The summed E-state index contributed by atoms with van der Waals surface area (Å²) >= 11 is 0. The zero-order valence-electron chi connectivity index (χ0n) is 11.8. The summed E-state index contributed by atoms with van der Waals surface area (Å²) in [5, 5.41) is 3.62. The van der Waals surface area contributed by atoms with Gasteiger partial charge in [0, 0.05) is 24.4 Å². The van der Waals surface area contributed by atoms with Crippen molar-refractivity contribution >= 4 is 5.78 Å². The molecule has 3 rings (SSSR count). The van der Waals surface area contributed by atoms with Crippen LogP contribution in [0.25, 0.3) is 0 Å². The van der Waals surface area contributed by atoms with Gasteiger partial charge >= 0.3 is 0 Å². The lowest BCUT2D eigenvalue weighted by Gasteiger charge is -2.39. The van der Waals surface area contributed by atoms with Crippen LogP contribution in [0.4, 0.5) is 4.39 Å². The first-order chi connectivity index (χ1) is 9.70. The normalized spacial score (nSPS) is 29.1. The molecule has 2 atom stereocenters. The SMILES string of the molecule is O=C(CCc1cccc(F)c1)C1CC2CCCC(C1)N2. The van der Waals surface area contributed by atoms with Crippen LogP contribution in [0.15, 0.2) is 24.3 Å². The number of hydrogen-bond donors (Lipinski definition) is 1. The maximum absolute atomic E-state index is 13.1. The summed E-state index contributed by atoms with van der Waals surface area (Å²) < 4.78 is 13.1. The van der Waals surface area contributed by atoms with Gasteiger partial charge in [0.05, 0.1) is 0 Å². The molecule has 0 spiro atoms. The van der Waals surface area contributed by atoms with Gasteiger partial charge in [-0.25, -0.2) is 4.39 Å². The van der Waals surface area contributed by atoms with Crippen LogP contribution in [0.2, 0.25) is 0 Å². The summed E-state index contributed by atoms with van der Waals surface area (Å²) in [4.78, 5) is 12.4.